The van der Waals surface area contributed by atoms with Gasteiger partial charge in [0.05, 0.1) is 0 Å². The normalized spacial score (nSPS) is 17.8. The topological polar surface area (TPSA) is 74.3 Å². The number of nitrogens with zero attached hydrogens (tertiary/aromatic N) is 1. The van der Waals surface area contributed by atoms with Crippen LogP contribution in [0, 0.1) is 5.41 Å². The van der Waals surface area contributed by atoms with Crippen molar-refractivity contribution in [2.75, 3.05) is 27.1 Å². The van der Waals surface area contributed by atoms with Crippen LogP contribution in [-0.2, 0) is 20.7 Å². The van der Waals surface area contributed by atoms with Crippen molar-refractivity contribution in [3.05, 3.63) is 23.8 Å². The van der Waals surface area contributed by atoms with E-state index in [1.807, 2.05) is 25.1 Å². The molecule has 2 aliphatic rings. The van der Waals surface area contributed by atoms with Gasteiger partial charge in [-0.25, -0.2) is 4.79 Å². The highest BCUT2D eigenvalue weighted by Crippen LogP contribution is 2.37. The molecule has 1 aromatic rings. The lowest BCUT2D eigenvalue weighted by atomic mass is 9.75. The van der Waals surface area contributed by atoms with Crippen molar-refractivity contribution in [2.45, 2.75) is 64.8 Å². The Morgan fingerprint density at radius 1 is 1.10 bits per heavy atom. The summed E-state index contributed by atoms with van der Waals surface area (Å²) in [5.41, 5.74) is 0.807. The average Bonchev–Trinajstić information content (AvgIpc) is 3.24. The molecule has 30 heavy (non-hydrogen) atoms. The van der Waals surface area contributed by atoms with Gasteiger partial charge in [0.2, 0.25) is 6.79 Å². The summed E-state index contributed by atoms with van der Waals surface area (Å²) in [5.74, 6) is 1.28. The highest BCUT2D eigenvalue weighted by atomic mass is 16.7. The van der Waals surface area contributed by atoms with Crippen molar-refractivity contribution < 1.29 is 28.5 Å². The Labute approximate surface area is 178 Å². The first-order valence-corrected chi connectivity index (χ1v) is 10.9. The fourth-order valence-electron chi connectivity index (χ4n) is 4.01. The first kappa shape index (κ1) is 22.2. The largest absolute Gasteiger partial charge is 0.465 e. The molecular weight excluding hydrogens is 386 g/mol. The van der Waals surface area contributed by atoms with E-state index >= 15 is 0 Å². The summed E-state index contributed by atoms with van der Waals surface area (Å²) in [5, 5.41) is 0. The number of carbonyl (C=O) groups excluding carboxylic acids is 2. The van der Waals surface area contributed by atoms with E-state index in [4.69, 9.17) is 18.9 Å². The smallest absolute Gasteiger partial charge is 0.409 e. The van der Waals surface area contributed by atoms with E-state index in [1.165, 1.54) is 6.42 Å². The van der Waals surface area contributed by atoms with E-state index in [0.29, 0.717) is 19.4 Å². The number of fused-ring (bicyclic) bond motifs is 1. The number of ether oxygens (including phenoxy) is 4. The molecule has 3 rings (SSSR count). The molecule has 1 amide bonds. The molecule has 7 heteroatoms. The average molecular weight is 420 g/mol. The first-order chi connectivity index (χ1) is 14.4. The maximum absolute atomic E-state index is 12.7. The van der Waals surface area contributed by atoms with Crippen LogP contribution in [0.4, 0.5) is 4.79 Å². The van der Waals surface area contributed by atoms with Crippen LogP contribution in [0.5, 0.6) is 11.5 Å². The van der Waals surface area contributed by atoms with Gasteiger partial charge in [-0.05, 0) is 43.9 Å². The van der Waals surface area contributed by atoms with E-state index in [2.05, 4.69) is 0 Å². The fraction of sp³-hybridized carbons (Fsp3) is 0.652. The highest BCUT2D eigenvalue weighted by Gasteiger charge is 2.35. The van der Waals surface area contributed by atoms with Gasteiger partial charge in [0, 0.05) is 24.9 Å². The second kappa shape index (κ2) is 10.0. The van der Waals surface area contributed by atoms with Gasteiger partial charge in [-0.15, -0.1) is 0 Å². The lowest BCUT2D eigenvalue weighted by Crippen LogP contribution is -2.41. The molecule has 1 aromatic carbocycles. The van der Waals surface area contributed by atoms with Gasteiger partial charge in [-0.3, -0.25) is 4.79 Å². The number of rotatable bonds is 8. The number of likely N-dealkylation sites (N-methyl/N-ethyl adjacent to an activating group) is 1. The van der Waals surface area contributed by atoms with Crippen LogP contribution >= 0.6 is 0 Å². The molecule has 0 spiro atoms. The van der Waals surface area contributed by atoms with E-state index in [-0.39, 0.29) is 36.9 Å². The molecule has 1 atom stereocenters. The van der Waals surface area contributed by atoms with Crippen LogP contribution in [0.2, 0.25) is 0 Å². The van der Waals surface area contributed by atoms with Crippen molar-refractivity contribution in [1.82, 2.24) is 4.90 Å². The number of carbonyl (C=O) groups is 2. The Bertz CT molecular complexity index is 743. The third kappa shape index (κ3) is 5.58. The third-order valence-corrected chi connectivity index (χ3v) is 6.16. The summed E-state index contributed by atoms with van der Waals surface area (Å²) in [6.45, 7) is 4.63. The van der Waals surface area contributed by atoms with Crippen molar-refractivity contribution in [1.29, 1.82) is 0 Å². The Kier molecular flexibility index (Phi) is 7.45. The number of benzene rings is 1. The van der Waals surface area contributed by atoms with Gasteiger partial charge in [-0.2, -0.15) is 0 Å². The molecule has 0 bridgehead atoms. The Balaban J connectivity index is 1.53. The number of hydrogen-bond donors (Lipinski definition) is 0. The predicted octanol–water partition coefficient (Wildman–Crippen LogP) is 4.32. The summed E-state index contributed by atoms with van der Waals surface area (Å²) in [7, 11) is 1.75. The minimum absolute atomic E-state index is 0.0434. The Morgan fingerprint density at radius 3 is 2.53 bits per heavy atom. The molecule has 1 fully saturated rings. The molecule has 166 valence electrons. The highest BCUT2D eigenvalue weighted by molar-refractivity contribution is 5.69. The molecule has 1 heterocycles. The van der Waals surface area contributed by atoms with Crippen LogP contribution in [0.1, 0.15) is 57.9 Å². The van der Waals surface area contributed by atoms with Gasteiger partial charge in [-0.1, -0.05) is 32.3 Å². The maximum Gasteiger partial charge on any atom is 0.409 e. The van der Waals surface area contributed by atoms with Gasteiger partial charge in [0.1, 0.15) is 13.2 Å². The minimum atomic E-state index is -0.352. The van der Waals surface area contributed by atoms with Gasteiger partial charge in [0.25, 0.3) is 0 Å². The Morgan fingerprint density at radius 2 is 1.80 bits per heavy atom. The second-order valence-corrected chi connectivity index (χ2v) is 8.48. The monoisotopic (exact) mass is 419 g/mol. The van der Waals surface area contributed by atoms with Crippen molar-refractivity contribution >= 4 is 12.1 Å². The van der Waals surface area contributed by atoms with Gasteiger partial charge < -0.3 is 23.8 Å². The van der Waals surface area contributed by atoms with Crippen LogP contribution in [0.3, 0.4) is 0 Å². The molecule has 1 aliphatic carbocycles. The van der Waals surface area contributed by atoms with E-state index in [0.717, 1.165) is 42.7 Å². The lowest BCUT2D eigenvalue weighted by Gasteiger charge is -2.36. The zero-order valence-corrected chi connectivity index (χ0v) is 18.3. The first-order valence-electron chi connectivity index (χ1n) is 10.9. The summed E-state index contributed by atoms with van der Waals surface area (Å²) < 4.78 is 21.9. The minimum Gasteiger partial charge on any atom is -0.465 e. The van der Waals surface area contributed by atoms with Crippen LogP contribution < -0.4 is 9.47 Å². The van der Waals surface area contributed by atoms with Crippen molar-refractivity contribution in [3.8, 4) is 11.5 Å². The lowest BCUT2D eigenvalue weighted by molar-refractivity contribution is -0.149. The van der Waals surface area contributed by atoms with E-state index < -0.39 is 0 Å². The SMILES string of the molecule is CCC(=O)OCC1(COC(=O)N(C)C(C)Cc2ccc3c(c2)OCO3)CCCCC1. The predicted molar refractivity (Wildman–Crippen MR) is 112 cm³/mol. The molecule has 0 aromatic heterocycles. The zero-order chi connectivity index (χ0) is 21.6. The number of esters is 1. The fourth-order valence-corrected chi connectivity index (χ4v) is 4.01. The van der Waals surface area contributed by atoms with Crippen LogP contribution in [0.25, 0.3) is 0 Å². The zero-order valence-electron chi connectivity index (χ0n) is 18.3. The molecule has 1 unspecified atom stereocenters. The third-order valence-electron chi connectivity index (χ3n) is 6.16. The maximum atomic E-state index is 12.7. The molecule has 0 N–H and O–H groups in total. The summed E-state index contributed by atoms with van der Waals surface area (Å²) in [6, 6.07) is 5.80. The molecule has 1 aliphatic heterocycles. The Hall–Kier alpha value is -2.44. The molecule has 0 radical (unpaired) electrons. The van der Waals surface area contributed by atoms with Crippen molar-refractivity contribution in [3.63, 3.8) is 0 Å². The summed E-state index contributed by atoms with van der Waals surface area (Å²) in [4.78, 5) is 25.9. The standard InChI is InChI=1S/C23H33NO6/c1-4-21(25)27-14-23(10-6-5-7-11-23)15-28-22(26)24(3)17(2)12-18-8-9-19-20(13-18)30-16-29-19/h8-9,13,17H,4-7,10-12,14-16H2,1-3H3. The molecule has 1 saturated carbocycles. The molecular formula is C23H33NO6. The summed E-state index contributed by atoms with van der Waals surface area (Å²) in [6.07, 6.45) is 5.81. The van der Waals surface area contributed by atoms with Crippen molar-refractivity contribution in [2.24, 2.45) is 5.41 Å². The van der Waals surface area contributed by atoms with E-state index in [9.17, 15) is 9.59 Å². The van der Waals surface area contributed by atoms with Crippen LogP contribution in [0.15, 0.2) is 18.2 Å². The summed E-state index contributed by atoms with van der Waals surface area (Å²) >= 11 is 0. The quantitative estimate of drug-likeness (QED) is 0.584. The number of amides is 1. The second-order valence-electron chi connectivity index (χ2n) is 8.48. The van der Waals surface area contributed by atoms with Gasteiger partial charge >= 0.3 is 12.1 Å². The van der Waals surface area contributed by atoms with E-state index in [1.54, 1.807) is 18.9 Å². The molecule has 7 nitrogen and oxygen atoms in total. The van der Waals surface area contributed by atoms with Crippen LogP contribution in [-0.4, -0.2) is 50.1 Å². The molecule has 0 saturated heterocycles. The van der Waals surface area contributed by atoms with Gasteiger partial charge in [0.15, 0.2) is 11.5 Å². The number of hydrogen-bond acceptors (Lipinski definition) is 6.